The minimum atomic E-state index is -3.11. The van der Waals surface area contributed by atoms with Crippen molar-refractivity contribution < 1.29 is 170 Å². The fourth-order valence-electron chi connectivity index (χ4n) is 5.29. The van der Waals surface area contributed by atoms with E-state index in [-0.39, 0.29) is 58.2 Å². The molecule has 10 rings (SSSR count). The lowest BCUT2D eigenvalue weighted by Crippen LogP contribution is -1.72. The molecule has 30 nitrogen and oxygen atoms in total. The molecule has 0 aliphatic heterocycles. The first-order valence-corrected chi connectivity index (χ1v) is 39.7. The topological polar surface area (TPSA) is 512 Å². The Labute approximate surface area is 690 Å². The van der Waals surface area contributed by atoms with Gasteiger partial charge in [-0.25, -0.2) is 43.9 Å². The van der Waals surface area contributed by atoms with Crippen molar-refractivity contribution in [1.29, 1.82) is 0 Å². The molecule has 0 atom stereocenters. The van der Waals surface area contributed by atoms with E-state index in [1.807, 2.05) is 68.4 Å². The van der Waals surface area contributed by atoms with E-state index in [0.717, 1.165) is 50.1 Å². The van der Waals surface area contributed by atoms with Gasteiger partial charge in [-0.1, -0.05) is 172 Å². The van der Waals surface area contributed by atoms with Gasteiger partial charge >= 0.3 is 106 Å². The van der Waals surface area contributed by atoms with Gasteiger partial charge in [-0.2, -0.15) is 0 Å². The van der Waals surface area contributed by atoms with Crippen LogP contribution in [0.1, 0.15) is 50.1 Å². The normalized spacial score (nSPS) is 8.13. The molecular formula is C69H68F10O30S10. The summed E-state index contributed by atoms with van der Waals surface area (Å²) in [5, 5.41) is 0. The van der Waals surface area contributed by atoms with E-state index >= 15 is 0 Å². The predicted molar refractivity (Wildman–Crippen MR) is 404 cm³/mol. The third-order valence-corrected chi connectivity index (χ3v) is 9.80. The highest BCUT2D eigenvalue weighted by atomic mass is 32.2. The summed E-state index contributed by atoms with van der Waals surface area (Å²) in [5.74, 6) is -1.71. The average Bonchev–Trinajstić information content (AvgIpc) is 1.04. The van der Waals surface area contributed by atoms with Gasteiger partial charge in [-0.3, -0.25) is 0 Å². The maximum absolute atomic E-state index is 12.2. The highest BCUT2D eigenvalue weighted by Gasteiger charge is 1.90. The molecule has 0 saturated carbocycles. The molecule has 654 valence electrons. The van der Waals surface area contributed by atoms with Gasteiger partial charge < -0.3 is 0 Å². The van der Waals surface area contributed by atoms with Crippen LogP contribution in [0.15, 0.2) is 249 Å². The summed E-state index contributed by atoms with van der Waals surface area (Å²) in [6.45, 7) is 17.3. The number of aryl methyl sites for hydroxylation is 9. The SMILES string of the molecule is Cc1ccc(F)cc1.Cc1ccc(F)cc1.Cc1ccc(F)cc1.Cc1ccc(F)cc1.Cc1ccc(F)cc1.Cc1ccc(F)cc1.Cc1ccc(F)cc1.Cc1ccc(F)cc1.Cc1cccc(F)c1.Fc1ccccc1.O=S(=O)=O.O=S(=O)=O.O=S(=O)=O.O=S(=O)=O.O=S(=O)=O.O=S(=O)=O.O=S(=O)=O.O=S(=O)=O.O=S(=O)=O.O=S(=O)=O. The second-order valence-corrected chi connectivity index (χ2v) is 23.6. The number of benzene rings is 10. The summed E-state index contributed by atoms with van der Waals surface area (Å²) in [5.41, 5.74) is 9.68. The van der Waals surface area contributed by atoms with Gasteiger partial charge in [0.1, 0.15) is 58.2 Å². The van der Waals surface area contributed by atoms with Crippen LogP contribution >= 0.6 is 0 Å². The van der Waals surface area contributed by atoms with Crippen molar-refractivity contribution in [2.24, 2.45) is 0 Å². The lowest BCUT2D eigenvalue weighted by atomic mass is 10.2. The van der Waals surface area contributed by atoms with Crippen molar-refractivity contribution >= 4 is 106 Å². The molecule has 0 spiro atoms. The van der Waals surface area contributed by atoms with Gasteiger partial charge in [0.15, 0.2) is 0 Å². The van der Waals surface area contributed by atoms with Gasteiger partial charge in [-0.05, 0) is 189 Å². The van der Waals surface area contributed by atoms with E-state index in [4.69, 9.17) is 126 Å². The highest BCUT2D eigenvalue weighted by molar-refractivity contribution is 7.60. The van der Waals surface area contributed by atoms with Crippen molar-refractivity contribution in [3.05, 3.63) is 357 Å². The molecule has 0 amide bonds. The van der Waals surface area contributed by atoms with Crippen LogP contribution in [0.2, 0.25) is 0 Å². The van der Waals surface area contributed by atoms with Gasteiger partial charge in [-0.15, -0.1) is 126 Å². The number of hydrogen-bond donors (Lipinski definition) is 0. The monoisotopic (exact) mass is 1890 g/mol. The molecule has 0 unspecified atom stereocenters. The molecule has 0 saturated heterocycles. The first kappa shape index (κ1) is 127. The van der Waals surface area contributed by atoms with Crippen molar-refractivity contribution in [2.45, 2.75) is 62.3 Å². The first-order chi connectivity index (χ1) is 54.8. The van der Waals surface area contributed by atoms with Gasteiger partial charge in [0, 0.05) is 0 Å². The molecule has 119 heavy (non-hydrogen) atoms. The molecule has 10 aromatic carbocycles. The first-order valence-electron chi connectivity index (χ1n) is 29.7. The van der Waals surface area contributed by atoms with E-state index < -0.39 is 106 Å². The van der Waals surface area contributed by atoms with Crippen molar-refractivity contribution in [1.82, 2.24) is 0 Å². The van der Waals surface area contributed by atoms with Crippen molar-refractivity contribution in [2.75, 3.05) is 0 Å². The fourth-order valence-corrected chi connectivity index (χ4v) is 5.29. The number of rotatable bonds is 0. The molecule has 0 N–H and O–H groups in total. The third kappa shape index (κ3) is 155. The third-order valence-electron chi connectivity index (χ3n) is 9.80. The van der Waals surface area contributed by atoms with Crippen LogP contribution in [0.4, 0.5) is 43.9 Å². The van der Waals surface area contributed by atoms with E-state index in [1.54, 1.807) is 121 Å². The van der Waals surface area contributed by atoms with Gasteiger partial charge in [0.2, 0.25) is 0 Å². The number of halogens is 10. The van der Waals surface area contributed by atoms with Crippen molar-refractivity contribution in [3.8, 4) is 0 Å². The molecule has 0 aromatic heterocycles. The maximum Gasteiger partial charge on any atom is 0.425 e. The maximum atomic E-state index is 12.2. The van der Waals surface area contributed by atoms with Crippen LogP contribution in [0.5, 0.6) is 0 Å². The predicted octanol–water partition coefficient (Wildman–Crippen LogP) is 11.0. The van der Waals surface area contributed by atoms with Crippen LogP contribution in [0, 0.1) is 120 Å². The molecule has 50 heteroatoms. The smallest absolute Gasteiger partial charge is 0.207 e. The lowest BCUT2D eigenvalue weighted by molar-refractivity contribution is 0.557. The quantitative estimate of drug-likeness (QED) is 0.127. The zero-order valence-corrected chi connectivity index (χ0v) is 70.4. The van der Waals surface area contributed by atoms with E-state index in [1.165, 1.54) is 121 Å². The van der Waals surface area contributed by atoms with Crippen LogP contribution in [-0.4, -0.2) is 126 Å². The molecule has 0 aliphatic carbocycles. The summed E-state index contributed by atoms with van der Waals surface area (Å²) >= 11 is 0. The molecule has 0 bridgehead atoms. The Kier molecular flexibility index (Phi) is 92.7. The second-order valence-electron chi connectivity index (χ2n) is 19.5. The minimum absolute atomic E-state index is 0.162. The van der Waals surface area contributed by atoms with E-state index in [2.05, 4.69) is 0 Å². The zero-order valence-electron chi connectivity index (χ0n) is 62.3. The van der Waals surface area contributed by atoms with Crippen LogP contribution < -0.4 is 0 Å². The average molecular weight is 1890 g/mol. The Morgan fingerprint density at radius 1 is 0.126 bits per heavy atom. The molecule has 0 fully saturated rings. The van der Waals surface area contributed by atoms with E-state index in [0.29, 0.717) is 0 Å². The molecular weight excluding hydrogens is 1820 g/mol. The Hall–Kier alpha value is -12.3. The Bertz CT molecular complexity index is 4390. The molecule has 0 heterocycles. The van der Waals surface area contributed by atoms with Gasteiger partial charge in [0.05, 0.1) is 0 Å². The van der Waals surface area contributed by atoms with Crippen molar-refractivity contribution in [3.63, 3.8) is 0 Å². The molecule has 0 aliphatic rings. The van der Waals surface area contributed by atoms with Gasteiger partial charge in [0.25, 0.3) is 0 Å². The summed E-state index contributed by atoms with van der Waals surface area (Å²) in [6.07, 6.45) is 0. The van der Waals surface area contributed by atoms with E-state index in [9.17, 15) is 43.9 Å². The molecule has 10 aromatic rings. The highest BCUT2D eigenvalue weighted by Crippen LogP contribution is 2.05. The summed E-state index contributed by atoms with van der Waals surface area (Å²) in [6, 6.07) is 65.6. The van der Waals surface area contributed by atoms with Crippen LogP contribution in [-0.2, 0) is 106 Å². The lowest BCUT2D eigenvalue weighted by Gasteiger charge is -1.87. The fraction of sp³-hybridized carbons (Fsp3) is 0.130. The summed E-state index contributed by atoms with van der Waals surface area (Å²) < 4.78 is 374. The largest absolute Gasteiger partial charge is 0.425 e. The Morgan fingerprint density at radius 2 is 0.227 bits per heavy atom. The Morgan fingerprint density at radius 3 is 0.294 bits per heavy atom. The minimum Gasteiger partial charge on any atom is -0.207 e. The van der Waals surface area contributed by atoms with Crippen LogP contribution in [0.3, 0.4) is 0 Å². The second kappa shape index (κ2) is 86.6. The summed E-state index contributed by atoms with van der Waals surface area (Å²) in [4.78, 5) is 0. The standard InChI is InChI=1S/9C7H7F.C6H5F.10O3S/c8*1-6-2-4-7(8)5-3-6;1-6-3-2-4-7(8)5-6;7-6-4-2-1-3-5-6;10*1-4(2)3/h9*2-5H,1H3;1-5H;;;;;;;;;;. The zero-order chi connectivity index (χ0) is 94.7. The number of hydrogen-bond acceptors (Lipinski definition) is 30. The van der Waals surface area contributed by atoms with Crippen LogP contribution in [0.25, 0.3) is 0 Å². The molecule has 0 radical (unpaired) electrons. The summed E-state index contributed by atoms with van der Waals surface area (Å²) in [7, 11) is -31.1. The Balaban J connectivity index is -0.000000132.